The van der Waals surface area contributed by atoms with Crippen LogP contribution < -0.4 is 4.74 Å². The number of hydrogen-bond acceptors (Lipinski definition) is 2. The number of pyridine rings is 1. The molecule has 2 heteroatoms. The minimum atomic E-state index is 0.843. The van der Waals surface area contributed by atoms with Crippen molar-refractivity contribution in [2.24, 2.45) is 0 Å². The maximum atomic E-state index is 5.35. The van der Waals surface area contributed by atoms with Gasteiger partial charge in [0.1, 0.15) is 5.75 Å². The van der Waals surface area contributed by atoms with Gasteiger partial charge in [0.15, 0.2) is 0 Å². The lowest BCUT2D eigenvalue weighted by Gasteiger charge is -2.13. The van der Waals surface area contributed by atoms with Crippen molar-refractivity contribution in [1.82, 2.24) is 4.98 Å². The third-order valence-corrected chi connectivity index (χ3v) is 4.21. The van der Waals surface area contributed by atoms with Gasteiger partial charge in [0.25, 0.3) is 0 Å². The molecule has 0 N–H and O–H groups in total. The summed E-state index contributed by atoms with van der Waals surface area (Å²) in [6.07, 6.45) is 1.92. The SMILES string of the molecule is COc1ccc2c(-c3ccccc3)c(-c3ccccc3)ncc2c1. The number of methoxy groups -OCH3 is 1. The number of hydrogen-bond donors (Lipinski definition) is 0. The van der Waals surface area contributed by atoms with Gasteiger partial charge < -0.3 is 4.74 Å². The molecule has 0 saturated carbocycles. The second-order valence-corrected chi connectivity index (χ2v) is 5.67. The molecule has 0 unspecified atom stereocenters. The van der Waals surface area contributed by atoms with E-state index in [2.05, 4.69) is 42.5 Å². The molecule has 24 heavy (non-hydrogen) atoms. The molecule has 116 valence electrons. The molecule has 3 aromatic carbocycles. The fourth-order valence-electron chi connectivity index (χ4n) is 3.04. The Morgan fingerprint density at radius 3 is 2.08 bits per heavy atom. The lowest BCUT2D eigenvalue weighted by molar-refractivity contribution is 0.415. The van der Waals surface area contributed by atoms with Crippen LogP contribution in [-0.2, 0) is 0 Å². The first-order valence-electron chi connectivity index (χ1n) is 7.94. The average molecular weight is 311 g/mol. The lowest BCUT2D eigenvalue weighted by Crippen LogP contribution is -1.92. The summed E-state index contributed by atoms with van der Waals surface area (Å²) in [5.41, 5.74) is 4.44. The topological polar surface area (TPSA) is 22.1 Å². The first-order valence-corrected chi connectivity index (χ1v) is 7.94. The molecule has 0 aliphatic rings. The van der Waals surface area contributed by atoms with Gasteiger partial charge in [-0.2, -0.15) is 0 Å². The average Bonchev–Trinajstić information content (AvgIpc) is 2.68. The minimum absolute atomic E-state index is 0.843. The van der Waals surface area contributed by atoms with Crippen LogP contribution in [0.5, 0.6) is 5.75 Å². The quantitative estimate of drug-likeness (QED) is 0.493. The van der Waals surface area contributed by atoms with E-state index in [9.17, 15) is 0 Å². The standard InChI is InChI=1S/C22H17NO/c1-24-19-12-13-20-18(14-19)15-23-22(17-10-6-3-7-11-17)21(20)16-8-4-2-5-9-16/h2-15H,1H3. The van der Waals surface area contributed by atoms with E-state index >= 15 is 0 Å². The summed E-state index contributed by atoms with van der Waals surface area (Å²) >= 11 is 0. The zero-order chi connectivity index (χ0) is 16.4. The van der Waals surface area contributed by atoms with Gasteiger partial charge in [-0.1, -0.05) is 60.7 Å². The maximum absolute atomic E-state index is 5.35. The van der Waals surface area contributed by atoms with Crippen molar-refractivity contribution in [2.75, 3.05) is 7.11 Å². The fraction of sp³-hybridized carbons (Fsp3) is 0.0455. The van der Waals surface area contributed by atoms with Crippen LogP contribution in [0.15, 0.2) is 85.1 Å². The smallest absolute Gasteiger partial charge is 0.119 e. The molecule has 0 amide bonds. The molecule has 2 nitrogen and oxygen atoms in total. The number of ether oxygens (including phenoxy) is 1. The van der Waals surface area contributed by atoms with Gasteiger partial charge in [0.05, 0.1) is 12.8 Å². The molecule has 1 aromatic heterocycles. The predicted molar refractivity (Wildman–Crippen MR) is 99.2 cm³/mol. The largest absolute Gasteiger partial charge is 0.497 e. The van der Waals surface area contributed by atoms with Crippen molar-refractivity contribution in [2.45, 2.75) is 0 Å². The molecule has 0 fully saturated rings. The first-order chi connectivity index (χ1) is 11.9. The highest BCUT2D eigenvalue weighted by Gasteiger charge is 2.13. The molecule has 0 aliphatic heterocycles. The van der Waals surface area contributed by atoms with Gasteiger partial charge >= 0.3 is 0 Å². The Morgan fingerprint density at radius 2 is 1.42 bits per heavy atom. The van der Waals surface area contributed by atoms with Gasteiger partial charge in [-0.15, -0.1) is 0 Å². The van der Waals surface area contributed by atoms with Crippen molar-refractivity contribution >= 4 is 10.8 Å². The number of aromatic nitrogens is 1. The summed E-state index contributed by atoms with van der Waals surface area (Å²) in [6, 6.07) is 26.9. The highest BCUT2D eigenvalue weighted by molar-refractivity contribution is 6.02. The van der Waals surface area contributed by atoms with E-state index in [0.29, 0.717) is 0 Å². The third kappa shape index (κ3) is 2.52. The molecular weight excluding hydrogens is 294 g/mol. The van der Waals surface area contributed by atoms with Gasteiger partial charge in [-0.3, -0.25) is 4.98 Å². The molecule has 0 radical (unpaired) electrons. The van der Waals surface area contributed by atoms with Crippen molar-refractivity contribution < 1.29 is 4.74 Å². The van der Waals surface area contributed by atoms with Crippen molar-refractivity contribution in [3.8, 4) is 28.1 Å². The minimum Gasteiger partial charge on any atom is -0.497 e. The molecule has 0 bridgehead atoms. The summed E-state index contributed by atoms with van der Waals surface area (Å²) in [7, 11) is 1.69. The van der Waals surface area contributed by atoms with Crippen LogP contribution in [0, 0.1) is 0 Å². The van der Waals surface area contributed by atoms with Crippen LogP contribution in [0.25, 0.3) is 33.2 Å². The Morgan fingerprint density at radius 1 is 0.750 bits per heavy atom. The van der Waals surface area contributed by atoms with Gasteiger partial charge in [-0.25, -0.2) is 0 Å². The normalized spacial score (nSPS) is 10.7. The summed E-state index contributed by atoms with van der Waals surface area (Å²) in [5.74, 6) is 0.843. The molecule has 4 rings (SSSR count). The van der Waals surface area contributed by atoms with E-state index in [-0.39, 0.29) is 0 Å². The van der Waals surface area contributed by atoms with E-state index < -0.39 is 0 Å². The van der Waals surface area contributed by atoms with Crippen molar-refractivity contribution in [3.05, 3.63) is 85.1 Å². The van der Waals surface area contributed by atoms with E-state index in [1.54, 1.807) is 7.11 Å². The number of rotatable bonds is 3. The maximum Gasteiger partial charge on any atom is 0.119 e. The van der Waals surface area contributed by atoms with E-state index in [1.165, 1.54) is 10.9 Å². The van der Waals surface area contributed by atoms with Gasteiger partial charge in [-0.05, 0) is 29.1 Å². The predicted octanol–water partition coefficient (Wildman–Crippen LogP) is 5.58. The number of nitrogens with zero attached hydrogens (tertiary/aromatic N) is 1. The monoisotopic (exact) mass is 311 g/mol. The van der Waals surface area contributed by atoms with Crippen LogP contribution >= 0.6 is 0 Å². The molecule has 0 spiro atoms. The zero-order valence-corrected chi connectivity index (χ0v) is 13.4. The van der Waals surface area contributed by atoms with Gasteiger partial charge in [0.2, 0.25) is 0 Å². The summed E-state index contributed by atoms with van der Waals surface area (Å²) < 4.78 is 5.35. The van der Waals surface area contributed by atoms with Gasteiger partial charge in [0, 0.05) is 22.7 Å². The van der Waals surface area contributed by atoms with Crippen LogP contribution in [0.3, 0.4) is 0 Å². The Balaban J connectivity index is 2.06. The second-order valence-electron chi connectivity index (χ2n) is 5.67. The Hall–Kier alpha value is -3.13. The highest BCUT2D eigenvalue weighted by Crippen LogP contribution is 2.37. The van der Waals surface area contributed by atoms with Crippen molar-refractivity contribution in [3.63, 3.8) is 0 Å². The molecule has 0 atom stereocenters. The number of fused-ring (bicyclic) bond motifs is 1. The molecule has 0 aliphatic carbocycles. The van der Waals surface area contributed by atoms with Crippen LogP contribution in [0.2, 0.25) is 0 Å². The molecule has 4 aromatic rings. The van der Waals surface area contributed by atoms with Crippen LogP contribution in [-0.4, -0.2) is 12.1 Å². The first kappa shape index (κ1) is 14.5. The Kier molecular flexibility index (Phi) is 3.72. The Labute approximate surface area is 141 Å². The van der Waals surface area contributed by atoms with Crippen LogP contribution in [0.1, 0.15) is 0 Å². The van der Waals surface area contributed by atoms with Crippen LogP contribution in [0.4, 0.5) is 0 Å². The zero-order valence-electron chi connectivity index (χ0n) is 13.4. The van der Waals surface area contributed by atoms with E-state index in [0.717, 1.165) is 28.0 Å². The lowest BCUT2D eigenvalue weighted by atomic mass is 9.94. The molecule has 1 heterocycles. The summed E-state index contributed by atoms with van der Waals surface area (Å²) in [5, 5.41) is 2.25. The van der Waals surface area contributed by atoms with Crippen molar-refractivity contribution in [1.29, 1.82) is 0 Å². The van der Waals surface area contributed by atoms with E-state index in [4.69, 9.17) is 9.72 Å². The fourth-order valence-corrected chi connectivity index (χ4v) is 3.04. The third-order valence-electron chi connectivity index (χ3n) is 4.21. The second kappa shape index (κ2) is 6.17. The summed E-state index contributed by atoms with van der Waals surface area (Å²) in [4.78, 5) is 4.77. The molecular formula is C22H17NO. The Bertz CT molecular complexity index is 979. The highest BCUT2D eigenvalue weighted by atomic mass is 16.5. The van der Waals surface area contributed by atoms with E-state index in [1.807, 2.05) is 42.6 Å². The molecule has 0 saturated heterocycles. The number of benzene rings is 3. The summed E-state index contributed by atoms with van der Waals surface area (Å²) in [6.45, 7) is 0.